The maximum atomic E-state index is 8.76. The maximum Gasteiger partial charge on any atom is 0.220 e. The predicted molar refractivity (Wildman–Crippen MR) is 117 cm³/mol. The molecule has 1 nitrogen and oxygen atoms in total. The monoisotopic (exact) mass is 361 g/mol. The summed E-state index contributed by atoms with van der Waals surface area (Å²) in [5.74, 6) is 0.614. The van der Waals surface area contributed by atoms with E-state index in [2.05, 4.69) is 83.5 Å². The molecule has 0 aliphatic heterocycles. The Kier molecular flexibility index (Phi) is 5.29. The molecule has 1 heterocycles. The third kappa shape index (κ3) is 3.78. The highest BCUT2D eigenvalue weighted by Crippen LogP contribution is 2.32. The van der Waals surface area contributed by atoms with E-state index in [0.29, 0.717) is 12.0 Å². The number of pyridine rings is 1. The standard InChI is InChI=1S/C26H34N/c1-8-20-14-22(9-2)19(6)25(16-20)26-24-11-10-21(12-17(3)4)15-23(24)13-18(5)27(26)7/h10-11,13-17H,8-9,12H2,1-7H3/q+1/i13D. The molecule has 3 aromatic rings. The lowest BCUT2D eigenvalue weighted by Gasteiger charge is -2.15. The molecule has 2 aromatic carbocycles. The number of rotatable bonds is 5. The summed E-state index contributed by atoms with van der Waals surface area (Å²) in [6, 6.07) is 12.1. The van der Waals surface area contributed by atoms with Gasteiger partial charge in [0.05, 0.1) is 12.3 Å². The molecule has 1 aromatic heterocycles. The van der Waals surface area contributed by atoms with E-state index in [-0.39, 0.29) is 0 Å². The van der Waals surface area contributed by atoms with Crippen LogP contribution in [0.15, 0.2) is 36.4 Å². The molecule has 0 aliphatic rings. The van der Waals surface area contributed by atoms with E-state index in [4.69, 9.17) is 1.37 Å². The Bertz CT molecular complexity index is 1030. The van der Waals surface area contributed by atoms with Crippen LogP contribution in [0.4, 0.5) is 0 Å². The van der Waals surface area contributed by atoms with Crippen LogP contribution >= 0.6 is 0 Å². The first-order chi connectivity index (χ1) is 13.3. The maximum absolute atomic E-state index is 8.76. The number of aryl methyl sites for hydroxylation is 2. The quantitative estimate of drug-likeness (QED) is 0.471. The van der Waals surface area contributed by atoms with Crippen LogP contribution in [0.5, 0.6) is 0 Å². The lowest BCUT2D eigenvalue weighted by Crippen LogP contribution is -2.35. The molecular weight excluding hydrogens is 326 g/mol. The molecule has 1 heteroatoms. The van der Waals surface area contributed by atoms with Crippen LogP contribution in [0.3, 0.4) is 0 Å². The summed E-state index contributed by atoms with van der Waals surface area (Å²) in [6.07, 6.45) is 3.13. The van der Waals surface area contributed by atoms with Crippen LogP contribution in [-0.2, 0) is 26.3 Å². The van der Waals surface area contributed by atoms with Crippen molar-refractivity contribution in [2.75, 3.05) is 0 Å². The summed E-state index contributed by atoms with van der Waals surface area (Å²) in [6.45, 7) is 13.3. The van der Waals surface area contributed by atoms with Gasteiger partial charge in [0, 0.05) is 13.0 Å². The molecule has 0 amide bonds. The zero-order valence-electron chi connectivity index (χ0n) is 19.0. The van der Waals surface area contributed by atoms with E-state index in [1.165, 1.54) is 38.9 Å². The first kappa shape index (κ1) is 18.2. The predicted octanol–water partition coefficient (Wildman–Crippen LogP) is 6.27. The van der Waals surface area contributed by atoms with Gasteiger partial charge in [-0.05, 0) is 71.9 Å². The Morgan fingerprint density at radius 3 is 2.37 bits per heavy atom. The van der Waals surface area contributed by atoms with Gasteiger partial charge in [0.25, 0.3) is 0 Å². The van der Waals surface area contributed by atoms with E-state index in [9.17, 15) is 0 Å². The molecule has 0 radical (unpaired) electrons. The van der Waals surface area contributed by atoms with Gasteiger partial charge >= 0.3 is 0 Å². The molecule has 0 saturated carbocycles. The lowest BCUT2D eigenvalue weighted by atomic mass is 9.91. The minimum Gasteiger partial charge on any atom is -0.198 e. The normalized spacial score (nSPS) is 12.1. The molecule has 0 fully saturated rings. The third-order valence-corrected chi connectivity index (χ3v) is 5.76. The second-order valence-electron chi connectivity index (χ2n) is 8.23. The Morgan fingerprint density at radius 2 is 1.74 bits per heavy atom. The van der Waals surface area contributed by atoms with Gasteiger partial charge in [0.2, 0.25) is 5.69 Å². The number of hydrogen-bond donors (Lipinski definition) is 0. The summed E-state index contributed by atoms with van der Waals surface area (Å²) in [4.78, 5) is 0. The highest BCUT2D eigenvalue weighted by Gasteiger charge is 2.21. The smallest absolute Gasteiger partial charge is 0.198 e. The summed E-state index contributed by atoms with van der Waals surface area (Å²) < 4.78 is 11.0. The molecule has 0 unspecified atom stereocenters. The molecule has 27 heavy (non-hydrogen) atoms. The Morgan fingerprint density at radius 1 is 1.00 bits per heavy atom. The minimum atomic E-state index is 0.614. The van der Waals surface area contributed by atoms with Crippen LogP contribution in [0, 0.1) is 19.8 Å². The Balaban J connectivity index is 2.39. The first-order valence-corrected chi connectivity index (χ1v) is 10.3. The van der Waals surface area contributed by atoms with Crippen LogP contribution in [0.2, 0.25) is 0 Å². The van der Waals surface area contributed by atoms with Crippen molar-refractivity contribution < 1.29 is 5.94 Å². The fourth-order valence-electron chi connectivity index (χ4n) is 4.11. The van der Waals surface area contributed by atoms with E-state index >= 15 is 0 Å². The molecule has 0 N–H and O–H groups in total. The van der Waals surface area contributed by atoms with Crippen molar-refractivity contribution in [2.24, 2.45) is 13.0 Å². The molecule has 0 atom stereocenters. The van der Waals surface area contributed by atoms with E-state index in [1.807, 2.05) is 0 Å². The van der Waals surface area contributed by atoms with E-state index in [1.54, 1.807) is 0 Å². The van der Waals surface area contributed by atoms with Crippen LogP contribution < -0.4 is 4.57 Å². The van der Waals surface area contributed by atoms with Gasteiger partial charge in [-0.1, -0.05) is 45.9 Å². The van der Waals surface area contributed by atoms with Gasteiger partial charge in [0.1, 0.15) is 7.05 Å². The van der Waals surface area contributed by atoms with Gasteiger partial charge < -0.3 is 0 Å². The van der Waals surface area contributed by atoms with Crippen molar-refractivity contribution in [3.63, 3.8) is 0 Å². The molecule has 0 bridgehead atoms. The lowest BCUT2D eigenvalue weighted by molar-refractivity contribution is -0.665. The number of fused-ring (bicyclic) bond motifs is 1. The fraction of sp³-hybridized carbons (Fsp3) is 0.423. The minimum absolute atomic E-state index is 0.614. The Hall–Kier alpha value is -2.15. The SMILES string of the molecule is [2H]c1c(C)[n+](C)c(-c2cc(CC)cc(CC)c2C)c2ccc(CC(C)C)cc12. The first-order valence-electron chi connectivity index (χ1n) is 10.8. The fourth-order valence-corrected chi connectivity index (χ4v) is 4.11. The number of aromatic nitrogens is 1. The topological polar surface area (TPSA) is 3.88 Å². The van der Waals surface area contributed by atoms with Crippen LogP contribution in [0.1, 0.15) is 57.0 Å². The van der Waals surface area contributed by atoms with Crippen LogP contribution in [-0.4, -0.2) is 0 Å². The summed E-state index contributed by atoms with van der Waals surface area (Å²) in [7, 11) is 2.11. The largest absolute Gasteiger partial charge is 0.220 e. The van der Waals surface area contributed by atoms with Gasteiger partial charge in [-0.2, -0.15) is 4.57 Å². The van der Waals surface area contributed by atoms with Gasteiger partial charge in [-0.3, -0.25) is 0 Å². The average molecular weight is 362 g/mol. The number of benzene rings is 2. The molecule has 3 rings (SSSR count). The average Bonchev–Trinajstić information content (AvgIpc) is 2.67. The second-order valence-corrected chi connectivity index (χ2v) is 8.23. The van der Waals surface area contributed by atoms with E-state index < -0.39 is 0 Å². The van der Waals surface area contributed by atoms with Crippen molar-refractivity contribution in [1.82, 2.24) is 0 Å². The highest BCUT2D eigenvalue weighted by molar-refractivity contribution is 5.94. The van der Waals surface area contributed by atoms with Crippen molar-refractivity contribution in [3.05, 3.63) is 64.3 Å². The second kappa shape index (κ2) is 7.84. The van der Waals surface area contributed by atoms with Crippen molar-refractivity contribution in [2.45, 2.75) is 60.8 Å². The Labute approximate surface area is 166 Å². The van der Waals surface area contributed by atoms with Gasteiger partial charge in [-0.15, -0.1) is 0 Å². The third-order valence-electron chi connectivity index (χ3n) is 5.76. The molecular formula is C26H34N+. The molecule has 0 saturated heterocycles. The highest BCUT2D eigenvalue weighted by atomic mass is 14.9. The summed E-state index contributed by atoms with van der Waals surface area (Å²) in [5, 5.41) is 2.26. The van der Waals surface area contributed by atoms with Gasteiger partial charge in [0.15, 0.2) is 5.69 Å². The van der Waals surface area contributed by atoms with E-state index in [0.717, 1.165) is 30.3 Å². The van der Waals surface area contributed by atoms with Crippen LogP contribution in [0.25, 0.3) is 22.0 Å². The number of hydrogen-bond acceptors (Lipinski definition) is 0. The molecule has 0 aliphatic carbocycles. The zero-order valence-corrected chi connectivity index (χ0v) is 18.0. The summed E-state index contributed by atoms with van der Waals surface area (Å²) in [5.41, 5.74) is 9.05. The van der Waals surface area contributed by atoms with Crippen molar-refractivity contribution in [3.8, 4) is 11.3 Å². The molecule has 142 valence electrons. The van der Waals surface area contributed by atoms with Crippen molar-refractivity contribution >= 4 is 10.8 Å². The number of nitrogens with zero attached hydrogens (tertiary/aromatic N) is 1. The summed E-state index contributed by atoms with van der Waals surface area (Å²) >= 11 is 0. The molecule has 0 spiro atoms. The van der Waals surface area contributed by atoms with Gasteiger partial charge in [-0.25, -0.2) is 0 Å². The van der Waals surface area contributed by atoms with Crippen molar-refractivity contribution in [1.29, 1.82) is 0 Å². The zero-order chi connectivity index (χ0) is 20.6.